The molecule has 0 saturated carbocycles. The van der Waals surface area contributed by atoms with Gasteiger partial charge in [-0.15, -0.1) is 0 Å². The van der Waals surface area contributed by atoms with Gasteiger partial charge < -0.3 is 20.5 Å². The molecule has 0 radical (unpaired) electrons. The molecule has 1 aromatic heterocycles. The molecule has 0 saturated heterocycles. The Balaban J connectivity index is 2.33. The highest BCUT2D eigenvalue weighted by Gasteiger charge is 2.14. The van der Waals surface area contributed by atoms with Gasteiger partial charge in [-0.3, -0.25) is 9.59 Å². The predicted molar refractivity (Wildman–Crippen MR) is 74.8 cm³/mol. The van der Waals surface area contributed by atoms with Crippen molar-refractivity contribution in [2.75, 3.05) is 5.32 Å². The molecule has 0 aliphatic rings. The zero-order valence-electron chi connectivity index (χ0n) is 11.0. The quantitative estimate of drug-likeness (QED) is 0.635. The van der Waals surface area contributed by atoms with E-state index in [4.69, 9.17) is 5.11 Å². The molecule has 0 atom stereocenters. The molecule has 108 valence electrons. The van der Waals surface area contributed by atoms with Crippen molar-refractivity contribution in [1.29, 1.82) is 0 Å². The largest absolute Gasteiger partial charge is 0.506 e. The summed E-state index contributed by atoms with van der Waals surface area (Å²) in [5.41, 5.74) is -0.189. The lowest BCUT2D eigenvalue weighted by atomic mass is 10.1. The van der Waals surface area contributed by atoms with Crippen molar-refractivity contribution < 1.29 is 19.8 Å². The van der Waals surface area contributed by atoms with Gasteiger partial charge in [-0.25, -0.2) is 4.79 Å². The van der Waals surface area contributed by atoms with Crippen molar-refractivity contribution in [3.8, 4) is 5.75 Å². The predicted octanol–water partition coefficient (Wildman–Crippen LogP) is 1.34. The average molecular weight is 288 g/mol. The Morgan fingerprint density at radius 1 is 1.24 bits per heavy atom. The molecule has 0 bridgehead atoms. The molecule has 1 amide bonds. The SMILES string of the molecule is Cc1cc(=O)c(C(=O)Nc2cc(C(=O)O)ccc2O)c[nH]1. The van der Waals surface area contributed by atoms with E-state index in [1.165, 1.54) is 18.3 Å². The third-order valence-corrected chi connectivity index (χ3v) is 2.79. The molecular formula is C14H12N2O5. The summed E-state index contributed by atoms with van der Waals surface area (Å²) in [4.78, 5) is 37.3. The summed E-state index contributed by atoms with van der Waals surface area (Å²) >= 11 is 0. The number of pyridine rings is 1. The maximum Gasteiger partial charge on any atom is 0.335 e. The number of aromatic hydroxyl groups is 1. The van der Waals surface area contributed by atoms with E-state index in [2.05, 4.69) is 10.3 Å². The van der Waals surface area contributed by atoms with Crippen molar-refractivity contribution in [2.24, 2.45) is 0 Å². The van der Waals surface area contributed by atoms with Crippen LogP contribution in [0.4, 0.5) is 5.69 Å². The molecule has 4 N–H and O–H groups in total. The van der Waals surface area contributed by atoms with Crippen molar-refractivity contribution >= 4 is 17.6 Å². The van der Waals surface area contributed by atoms with Crippen LogP contribution in [-0.4, -0.2) is 27.1 Å². The van der Waals surface area contributed by atoms with Crippen LogP contribution in [0, 0.1) is 6.92 Å². The van der Waals surface area contributed by atoms with E-state index in [-0.39, 0.29) is 22.6 Å². The Labute approximate surface area is 118 Å². The molecule has 7 heteroatoms. The summed E-state index contributed by atoms with van der Waals surface area (Å²) in [7, 11) is 0. The van der Waals surface area contributed by atoms with Crippen LogP contribution in [0.3, 0.4) is 0 Å². The Morgan fingerprint density at radius 3 is 2.57 bits per heavy atom. The minimum atomic E-state index is -1.20. The highest BCUT2D eigenvalue weighted by atomic mass is 16.4. The number of carbonyl (C=O) groups is 2. The van der Waals surface area contributed by atoms with Crippen LogP contribution in [0.1, 0.15) is 26.4 Å². The van der Waals surface area contributed by atoms with Gasteiger partial charge >= 0.3 is 5.97 Å². The third-order valence-electron chi connectivity index (χ3n) is 2.79. The van der Waals surface area contributed by atoms with E-state index in [1.807, 2.05) is 0 Å². The minimum absolute atomic E-state index is 0.0834. The first-order valence-electron chi connectivity index (χ1n) is 5.95. The van der Waals surface area contributed by atoms with E-state index in [9.17, 15) is 19.5 Å². The van der Waals surface area contributed by atoms with Gasteiger partial charge in [0.1, 0.15) is 11.3 Å². The zero-order chi connectivity index (χ0) is 15.6. The molecule has 1 aromatic carbocycles. The Kier molecular flexibility index (Phi) is 3.75. The molecule has 2 rings (SSSR count). The van der Waals surface area contributed by atoms with Crippen LogP contribution in [-0.2, 0) is 0 Å². The number of aromatic carboxylic acids is 1. The molecule has 0 aliphatic carbocycles. The summed E-state index contributed by atoms with van der Waals surface area (Å²) in [6, 6.07) is 4.73. The molecular weight excluding hydrogens is 276 g/mol. The molecule has 7 nitrogen and oxygen atoms in total. The van der Waals surface area contributed by atoms with Gasteiger partial charge in [-0.1, -0.05) is 0 Å². The van der Waals surface area contributed by atoms with Gasteiger partial charge in [-0.2, -0.15) is 0 Å². The minimum Gasteiger partial charge on any atom is -0.506 e. The smallest absolute Gasteiger partial charge is 0.335 e. The first-order valence-corrected chi connectivity index (χ1v) is 5.95. The van der Waals surface area contributed by atoms with Crippen LogP contribution in [0.25, 0.3) is 0 Å². The van der Waals surface area contributed by atoms with E-state index >= 15 is 0 Å². The zero-order valence-corrected chi connectivity index (χ0v) is 11.0. The topological polar surface area (TPSA) is 119 Å². The van der Waals surface area contributed by atoms with E-state index in [1.54, 1.807) is 6.92 Å². The van der Waals surface area contributed by atoms with Crippen LogP contribution in [0.5, 0.6) is 5.75 Å². The lowest BCUT2D eigenvalue weighted by Crippen LogP contribution is -2.21. The first-order chi connectivity index (χ1) is 9.88. The number of aromatic amines is 1. The molecule has 1 heterocycles. The van der Waals surface area contributed by atoms with Crippen molar-refractivity contribution in [2.45, 2.75) is 6.92 Å². The van der Waals surface area contributed by atoms with Gasteiger partial charge in [0.15, 0.2) is 5.43 Å². The number of nitrogens with one attached hydrogen (secondary N) is 2. The number of anilines is 1. The normalized spacial score (nSPS) is 10.1. The Hall–Kier alpha value is -3.09. The van der Waals surface area contributed by atoms with Gasteiger partial charge in [-0.05, 0) is 25.1 Å². The summed E-state index contributed by atoms with van der Waals surface area (Å²) in [6.07, 6.45) is 1.26. The maximum atomic E-state index is 12.0. The third kappa shape index (κ3) is 3.08. The van der Waals surface area contributed by atoms with Gasteiger partial charge in [0.05, 0.1) is 11.3 Å². The number of hydrogen-bond donors (Lipinski definition) is 4. The number of benzene rings is 1. The van der Waals surface area contributed by atoms with Crippen molar-refractivity contribution in [3.05, 3.63) is 57.5 Å². The van der Waals surface area contributed by atoms with Crippen LogP contribution in [0.15, 0.2) is 35.3 Å². The summed E-state index contributed by atoms with van der Waals surface area (Å²) in [6.45, 7) is 1.67. The average Bonchev–Trinajstić information content (AvgIpc) is 2.40. The lowest BCUT2D eigenvalue weighted by Gasteiger charge is -2.08. The van der Waals surface area contributed by atoms with E-state index in [0.29, 0.717) is 5.69 Å². The number of carboxylic acid groups (broad SMARTS) is 1. The number of carboxylic acids is 1. The molecule has 21 heavy (non-hydrogen) atoms. The van der Waals surface area contributed by atoms with E-state index in [0.717, 1.165) is 12.1 Å². The summed E-state index contributed by atoms with van der Waals surface area (Å²) in [5.74, 6) is -2.23. The summed E-state index contributed by atoms with van der Waals surface area (Å²) < 4.78 is 0. The van der Waals surface area contributed by atoms with Crippen molar-refractivity contribution in [3.63, 3.8) is 0 Å². The first kappa shape index (κ1) is 14.3. The highest BCUT2D eigenvalue weighted by molar-refractivity contribution is 6.05. The number of H-pyrrole nitrogens is 1. The Morgan fingerprint density at radius 2 is 1.95 bits per heavy atom. The van der Waals surface area contributed by atoms with Crippen molar-refractivity contribution in [1.82, 2.24) is 4.98 Å². The molecule has 0 spiro atoms. The number of phenols is 1. The number of rotatable bonds is 3. The number of amides is 1. The molecule has 2 aromatic rings. The van der Waals surface area contributed by atoms with Gasteiger partial charge in [0.2, 0.25) is 0 Å². The van der Waals surface area contributed by atoms with Crippen LogP contribution in [0.2, 0.25) is 0 Å². The second-order valence-electron chi connectivity index (χ2n) is 4.39. The fraction of sp³-hybridized carbons (Fsp3) is 0.0714. The second-order valence-corrected chi connectivity index (χ2v) is 4.39. The van der Waals surface area contributed by atoms with Gasteiger partial charge in [0.25, 0.3) is 5.91 Å². The second kappa shape index (κ2) is 5.49. The Bertz CT molecular complexity index is 779. The van der Waals surface area contributed by atoms with Crippen LogP contribution >= 0.6 is 0 Å². The fourth-order valence-electron chi connectivity index (χ4n) is 1.71. The fourth-order valence-corrected chi connectivity index (χ4v) is 1.71. The lowest BCUT2D eigenvalue weighted by molar-refractivity contribution is 0.0696. The maximum absolute atomic E-state index is 12.0. The number of carbonyl (C=O) groups excluding carboxylic acids is 1. The standard InChI is InChI=1S/C14H12N2O5/c1-7-4-12(18)9(6-15-7)13(19)16-10-5-8(14(20)21)2-3-11(10)17/h2-6,17H,1H3,(H,15,18)(H,16,19)(H,20,21). The molecule has 0 fully saturated rings. The number of hydrogen-bond acceptors (Lipinski definition) is 4. The monoisotopic (exact) mass is 288 g/mol. The van der Waals surface area contributed by atoms with Crippen LogP contribution < -0.4 is 10.7 Å². The van der Waals surface area contributed by atoms with E-state index < -0.39 is 17.3 Å². The number of phenolic OH excluding ortho intramolecular Hbond substituents is 1. The number of aromatic nitrogens is 1. The molecule has 0 aliphatic heterocycles. The molecule has 0 unspecified atom stereocenters. The highest BCUT2D eigenvalue weighted by Crippen LogP contribution is 2.24. The number of aryl methyl sites for hydroxylation is 1. The van der Waals surface area contributed by atoms with Gasteiger partial charge in [0, 0.05) is 18.0 Å². The summed E-state index contributed by atoms with van der Waals surface area (Å²) in [5, 5.41) is 20.8.